The minimum absolute atomic E-state index is 0.0416. The van der Waals surface area contributed by atoms with Gasteiger partial charge in [-0.05, 0) is 46.9 Å². The largest absolute Gasteiger partial charge is 0.481 e. The zero-order chi connectivity index (χ0) is 24.6. The number of aliphatic hydroxyl groups is 1. The summed E-state index contributed by atoms with van der Waals surface area (Å²) in [5.41, 5.74) is 3.72. The summed E-state index contributed by atoms with van der Waals surface area (Å²) in [6, 6.07) is 16.3. The van der Waals surface area contributed by atoms with E-state index in [1.807, 2.05) is 24.3 Å². The Morgan fingerprint density at radius 3 is 2.17 bits per heavy atom. The Hall–Kier alpha value is -3.39. The number of nitrogens with one attached hydrogen (secondary N) is 2. The summed E-state index contributed by atoms with van der Waals surface area (Å²) in [5, 5.41) is 24.1. The van der Waals surface area contributed by atoms with Gasteiger partial charge < -0.3 is 25.6 Å². The van der Waals surface area contributed by atoms with Gasteiger partial charge in [0.2, 0.25) is 5.91 Å². The number of hydrogen-bond donors (Lipinski definition) is 4. The number of fused-ring (bicyclic) bond motifs is 3. The molecule has 35 heavy (non-hydrogen) atoms. The molecule has 0 saturated heterocycles. The molecule has 0 aromatic heterocycles. The number of carbonyl (C=O) groups is 3. The molecule has 0 aliphatic heterocycles. The highest BCUT2D eigenvalue weighted by molar-refractivity contribution is 5.88. The van der Waals surface area contributed by atoms with Crippen molar-refractivity contribution in [3.05, 3.63) is 59.7 Å². The third-order valence-corrected chi connectivity index (χ3v) is 8.06. The van der Waals surface area contributed by atoms with Crippen molar-refractivity contribution in [1.82, 2.24) is 10.6 Å². The van der Waals surface area contributed by atoms with E-state index in [0.29, 0.717) is 6.42 Å². The molecule has 1 spiro atoms. The number of carbonyl (C=O) groups excluding carboxylic acids is 2. The Bertz CT molecular complexity index is 1110. The predicted octanol–water partition coefficient (Wildman–Crippen LogP) is 3.04. The average Bonchev–Trinajstić information content (AvgIpc) is 3.44. The van der Waals surface area contributed by atoms with E-state index in [1.165, 1.54) is 0 Å². The lowest BCUT2D eigenvalue weighted by molar-refractivity contribution is -0.139. The van der Waals surface area contributed by atoms with Crippen molar-refractivity contribution in [3.8, 4) is 11.1 Å². The van der Waals surface area contributed by atoms with Gasteiger partial charge in [0.1, 0.15) is 6.61 Å². The third kappa shape index (κ3) is 4.16. The lowest BCUT2D eigenvalue weighted by Crippen LogP contribution is -2.47. The maximum atomic E-state index is 13.0. The summed E-state index contributed by atoms with van der Waals surface area (Å²) in [5.74, 6) is -1.42. The van der Waals surface area contributed by atoms with Crippen LogP contribution in [0.3, 0.4) is 0 Å². The Kier molecular flexibility index (Phi) is 6.01. The monoisotopic (exact) mass is 478 g/mol. The van der Waals surface area contributed by atoms with Crippen LogP contribution in [-0.4, -0.2) is 54.0 Å². The number of carboxylic acids is 1. The molecular formula is C27H30N2O6. The first kappa shape index (κ1) is 23.4. The fourth-order valence-electron chi connectivity index (χ4n) is 5.97. The molecule has 2 saturated carbocycles. The molecule has 184 valence electrons. The van der Waals surface area contributed by atoms with Gasteiger partial charge in [0.15, 0.2) is 0 Å². The predicted molar refractivity (Wildman–Crippen MR) is 128 cm³/mol. The second-order valence-corrected chi connectivity index (χ2v) is 10.0. The fraction of sp³-hybridized carbons (Fsp3) is 0.444. The SMILES string of the molecule is O=C(O)CC(O)CNC(=O)C1(CNC(=O)OCC2c3ccccc3-c3ccccc32)CC12CCC2. The van der Waals surface area contributed by atoms with Crippen molar-refractivity contribution in [2.45, 2.75) is 44.1 Å². The van der Waals surface area contributed by atoms with Crippen LogP contribution in [0.5, 0.6) is 0 Å². The van der Waals surface area contributed by atoms with Crippen LogP contribution in [0.1, 0.15) is 49.1 Å². The van der Waals surface area contributed by atoms with Crippen molar-refractivity contribution < 1.29 is 29.3 Å². The minimum atomic E-state index is -1.15. The molecule has 8 heteroatoms. The molecule has 2 aromatic carbocycles. The first-order valence-electron chi connectivity index (χ1n) is 12.1. The molecule has 2 aromatic rings. The Balaban J connectivity index is 1.19. The summed E-state index contributed by atoms with van der Waals surface area (Å²) < 4.78 is 5.62. The minimum Gasteiger partial charge on any atom is -0.481 e. The fourth-order valence-corrected chi connectivity index (χ4v) is 5.97. The molecule has 3 aliphatic carbocycles. The average molecular weight is 479 g/mol. The smallest absolute Gasteiger partial charge is 0.407 e. The number of hydrogen-bond acceptors (Lipinski definition) is 5. The molecule has 2 fully saturated rings. The van der Waals surface area contributed by atoms with Gasteiger partial charge in [-0.3, -0.25) is 9.59 Å². The van der Waals surface area contributed by atoms with Gasteiger partial charge in [-0.15, -0.1) is 0 Å². The van der Waals surface area contributed by atoms with E-state index in [1.54, 1.807) is 0 Å². The van der Waals surface area contributed by atoms with Crippen LogP contribution in [0.4, 0.5) is 4.79 Å². The van der Waals surface area contributed by atoms with Crippen molar-refractivity contribution in [2.24, 2.45) is 10.8 Å². The van der Waals surface area contributed by atoms with Crippen molar-refractivity contribution in [3.63, 3.8) is 0 Å². The number of rotatable bonds is 9. The highest BCUT2D eigenvalue weighted by Gasteiger charge is 2.73. The summed E-state index contributed by atoms with van der Waals surface area (Å²) in [4.78, 5) is 36.4. The number of alkyl carbamates (subject to hydrolysis) is 1. The molecular weight excluding hydrogens is 448 g/mol. The number of amides is 2. The first-order valence-corrected chi connectivity index (χ1v) is 12.1. The van der Waals surface area contributed by atoms with Crippen molar-refractivity contribution in [1.29, 1.82) is 0 Å². The van der Waals surface area contributed by atoms with Gasteiger partial charge in [0, 0.05) is 19.0 Å². The van der Waals surface area contributed by atoms with Gasteiger partial charge in [0.25, 0.3) is 0 Å². The second-order valence-electron chi connectivity index (χ2n) is 10.0. The van der Waals surface area contributed by atoms with Gasteiger partial charge in [-0.2, -0.15) is 0 Å². The lowest BCUT2D eigenvalue weighted by Gasteiger charge is -2.32. The zero-order valence-electron chi connectivity index (χ0n) is 19.5. The molecule has 5 rings (SSSR count). The van der Waals surface area contributed by atoms with Crippen LogP contribution in [0.25, 0.3) is 11.1 Å². The van der Waals surface area contributed by atoms with Crippen LogP contribution in [0.2, 0.25) is 0 Å². The Morgan fingerprint density at radius 1 is 1.00 bits per heavy atom. The van der Waals surface area contributed by atoms with E-state index < -0.39 is 30.0 Å². The third-order valence-electron chi connectivity index (χ3n) is 8.06. The van der Waals surface area contributed by atoms with Crippen molar-refractivity contribution >= 4 is 18.0 Å². The summed E-state index contributed by atoms with van der Waals surface area (Å²) in [6.07, 6.45) is 1.41. The Labute approximate surface area is 203 Å². The molecule has 3 aliphatic rings. The number of benzene rings is 2. The number of aliphatic hydroxyl groups excluding tert-OH is 1. The van der Waals surface area contributed by atoms with Gasteiger partial charge in [0.05, 0.1) is 17.9 Å². The van der Waals surface area contributed by atoms with E-state index in [2.05, 4.69) is 34.9 Å². The van der Waals surface area contributed by atoms with E-state index in [-0.39, 0.29) is 36.9 Å². The molecule has 8 nitrogen and oxygen atoms in total. The van der Waals surface area contributed by atoms with Crippen LogP contribution in [0, 0.1) is 10.8 Å². The summed E-state index contributed by atoms with van der Waals surface area (Å²) >= 11 is 0. The maximum Gasteiger partial charge on any atom is 0.407 e. The molecule has 2 unspecified atom stereocenters. The number of ether oxygens (including phenoxy) is 1. The molecule has 0 bridgehead atoms. The zero-order valence-corrected chi connectivity index (χ0v) is 19.5. The van der Waals surface area contributed by atoms with E-state index in [4.69, 9.17) is 9.84 Å². The molecule has 0 heterocycles. The lowest BCUT2D eigenvalue weighted by atomic mass is 9.74. The number of carboxylic acid groups (broad SMARTS) is 1. The normalized spacial score (nSPS) is 21.9. The highest BCUT2D eigenvalue weighted by atomic mass is 16.5. The van der Waals surface area contributed by atoms with Gasteiger partial charge >= 0.3 is 12.1 Å². The van der Waals surface area contributed by atoms with Crippen LogP contribution >= 0.6 is 0 Å². The van der Waals surface area contributed by atoms with Gasteiger partial charge in [-0.25, -0.2) is 4.79 Å². The second kappa shape index (κ2) is 9.00. The van der Waals surface area contributed by atoms with Crippen LogP contribution in [0.15, 0.2) is 48.5 Å². The quantitative estimate of drug-likeness (QED) is 0.439. The van der Waals surface area contributed by atoms with Crippen molar-refractivity contribution in [2.75, 3.05) is 19.7 Å². The van der Waals surface area contributed by atoms with E-state index in [0.717, 1.165) is 41.5 Å². The molecule has 2 atom stereocenters. The first-order chi connectivity index (χ1) is 16.9. The highest BCUT2D eigenvalue weighted by Crippen LogP contribution is 2.73. The van der Waals surface area contributed by atoms with E-state index >= 15 is 0 Å². The van der Waals surface area contributed by atoms with Gasteiger partial charge in [-0.1, -0.05) is 55.0 Å². The topological polar surface area (TPSA) is 125 Å². The molecule has 2 amide bonds. The standard InChI is InChI=1S/C27H30N2O6/c30-17(12-23(31)32)13-28-24(33)27(15-26(27)10-5-11-26)16-29-25(34)35-14-22-20-8-3-1-6-18(20)19-7-2-4-9-21(19)22/h1-4,6-9,17,22,30H,5,10-16H2,(H,28,33)(H,29,34)(H,31,32). The molecule has 0 radical (unpaired) electrons. The Morgan fingerprint density at radius 2 is 1.63 bits per heavy atom. The number of aliphatic carboxylic acids is 1. The van der Waals surface area contributed by atoms with E-state index in [9.17, 15) is 19.5 Å². The maximum absolute atomic E-state index is 13.0. The van der Waals surface area contributed by atoms with Crippen LogP contribution in [-0.2, 0) is 14.3 Å². The summed E-state index contributed by atoms with van der Waals surface area (Å²) in [7, 11) is 0. The summed E-state index contributed by atoms with van der Waals surface area (Å²) in [6.45, 7) is 0.226. The molecule has 4 N–H and O–H groups in total. The van der Waals surface area contributed by atoms with Crippen LogP contribution < -0.4 is 10.6 Å².